The van der Waals surface area contributed by atoms with Crippen LogP contribution in [0.3, 0.4) is 0 Å². The van der Waals surface area contributed by atoms with Crippen molar-refractivity contribution in [2.24, 2.45) is 0 Å². The van der Waals surface area contributed by atoms with Crippen LogP contribution in [0, 0.1) is 18.3 Å². The van der Waals surface area contributed by atoms with Crippen molar-refractivity contribution in [2.45, 2.75) is 25.9 Å². The Labute approximate surface area is 245 Å². The van der Waals surface area contributed by atoms with Gasteiger partial charge in [0.25, 0.3) is 0 Å². The second-order valence-electron chi connectivity index (χ2n) is 10.1. The second-order valence-corrected chi connectivity index (χ2v) is 10.5. The zero-order valence-electron chi connectivity index (χ0n) is 23.0. The highest BCUT2D eigenvalue weighted by Gasteiger charge is 2.29. The Morgan fingerprint density at radius 3 is 2.61 bits per heavy atom. The van der Waals surface area contributed by atoms with Gasteiger partial charge in [-0.3, -0.25) is 9.88 Å². The Morgan fingerprint density at radius 1 is 1.12 bits per heavy atom. The first-order valence-corrected chi connectivity index (χ1v) is 14.0. The number of fused-ring (bicyclic) bond motifs is 1. The molecule has 0 spiro atoms. The smallest absolute Gasteiger partial charge is 0.321 e. The molecule has 1 saturated heterocycles. The molecule has 1 fully saturated rings. The van der Waals surface area contributed by atoms with Crippen LogP contribution in [0.1, 0.15) is 35.1 Å². The van der Waals surface area contributed by atoms with Crippen molar-refractivity contribution in [3.63, 3.8) is 0 Å². The lowest BCUT2D eigenvalue weighted by Gasteiger charge is -2.39. The second kappa shape index (κ2) is 12.8. The van der Waals surface area contributed by atoms with Crippen molar-refractivity contribution in [1.82, 2.24) is 24.3 Å². The minimum absolute atomic E-state index is 0.00880. The van der Waals surface area contributed by atoms with Crippen LogP contribution >= 0.6 is 11.6 Å². The maximum Gasteiger partial charge on any atom is 0.321 e. The molecule has 41 heavy (non-hydrogen) atoms. The molecule has 9 heteroatoms. The van der Waals surface area contributed by atoms with Gasteiger partial charge in [0.05, 0.1) is 23.4 Å². The number of carbonyl (C=O) groups excluding carboxylic acids is 1. The maximum absolute atomic E-state index is 12.9. The zero-order chi connectivity index (χ0) is 28.8. The Kier molecular flexibility index (Phi) is 8.78. The molecule has 1 aromatic carbocycles. The number of allylic oxidation sites excluding steroid dienone is 5. The van der Waals surface area contributed by atoms with Gasteiger partial charge in [0.15, 0.2) is 0 Å². The number of amides is 2. The fourth-order valence-corrected chi connectivity index (χ4v) is 5.35. The molecule has 1 unspecified atom stereocenters. The van der Waals surface area contributed by atoms with Crippen molar-refractivity contribution in [3.8, 4) is 6.07 Å². The lowest BCUT2D eigenvalue weighted by molar-refractivity contribution is 0.112. The van der Waals surface area contributed by atoms with Gasteiger partial charge in [-0.15, -0.1) is 0 Å². The SMILES string of the molecule is C=C1/C=C(Cl)\C=C/CC(N2CCN(C(=O)Nc3ccc(C#N)cc3)CC2)c2ncccc2C=C1Cn1ccnc1C. The molecule has 1 aliphatic heterocycles. The van der Waals surface area contributed by atoms with E-state index in [0.29, 0.717) is 49.0 Å². The largest absolute Gasteiger partial charge is 0.331 e. The minimum Gasteiger partial charge on any atom is -0.331 e. The van der Waals surface area contributed by atoms with E-state index in [2.05, 4.69) is 50.6 Å². The first-order valence-electron chi connectivity index (χ1n) is 13.6. The van der Waals surface area contributed by atoms with Gasteiger partial charge in [0.1, 0.15) is 5.82 Å². The summed E-state index contributed by atoms with van der Waals surface area (Å²) in [5.41, 5.74) is 5.11. The van der Waals surface area contributed by atoms with Gasteiger partial charge in [-0.05, 0) is 78.6 Å². The molecule has 0 saturated carbocycles. The van der Waals surface area contributed by atoms with Crippen LogP contribution in [0.15, 0.2) is 96.0 Å². The van der Waals surface area contributed by atoms with Gasteiger partial charge in [-0.1, -0.05) is 30.3 Å². The summed E-state index contributed by atoms with van der Waals surface area (Å²) >= 11 is 6.60. The van der Waals surface area contributed by atoms with Crippen molar-refractivity contribution in [2.75, 3.05) is 31.5 Å². The van der Waals surface area contributed by atoms with E-state index in [4.69, 9.17) is 21.8 Å². The number of carbonyl (C=O) groups is 1. The summed E-state index contributed by atoms with van der Waals surface area (Å²) in [6.07, 6.45) is 14.4. The monoisotopic (exact) mass is 565 g/mol. The van der Waals surface area contributed by atoms with E-state index >= 15 is 0 Å². The lowest BCUT2D eigenvalue weighted by Crippen LogP contribution is -2.51. The molecule has 8 nitrogen and oxygen atoms in total. The molecule has 5 rings (SSSR count). The molecule has 3 aromatic rings. The van der Waals surface area contributed by atoms with E-state index in [0.717, 1.165) is 34.6 Å². The topological polar surface area (TPSA) is 90.1 Å². The number of nitrogens with one attached hydrogen (secondary N) is 1. The van der Waals surface area contributed by atoms with Crippen LogP contribution in [0.2, 0.25) is 0 Å². The van der Waals surface area contributed by atoms with Crippen LogP contribution in [0.4, 0.5) is 10.5 Å². The molecule has 2 aromatic heterocycles. The van der Waals surface area contributed by atoms with Crippen LogP contribution < -0.4 is 5.32 Å². The van der Waals surface area contributed by atoms with Crippen molar-refractivity contribution in [1.29, 1.82) is 5.26 Å². The van der Waals surface area contributed by atoms with Gasteiger partial charge >= 0.3 is 6.03 Å². The number of aromatic nitrogens is 3. The van der Waals surface area contributed by atoms with Crippen molar-refractivity contribution in [3.05, 3.63) is 119 Å². The third-order valence-electron chi connectivity index (χ3n) is 7.45. The summed E-state index contributed by atoms with van der Waals surface area (Å²) in [6.45, 7) is 9.50. The van der Waals surface area contributed by atoms with E-state index in [-0.39, 0.29) is 12.1 Å². The number of aryl methyl sites for hydroxylation is 1. The molecule has 1 atom stereocenters. The maximum atomic E-state index is 12.9. The predicted octanol–water partition coefficient (Wildman–Crippen LogP) is 6.07. The fraction of sp³-hybridized carbons (Fsp3) is 0.250. The summed E-state index contributed by atoms with van der Waals surface area (Å²) < 4.78 is 2.09. The molecule has 2 aliphatic rings. The van der Waals surface area contributed by atoms with Gasteiger partial charge in [0.2, 0.25) is 0 Å². The van der Waals surface area contributed by atoms with Crippen LogP contribution in [0.25, 0.3) is 6.08 Å². The number of imidazole rings is 1. The van der Waals surface area contributed by atoms with Gasteiger partial charge < -0.3 is 14.8 Å². The Bertz CT molecular complexity index is 1550. The number of hydrogen-bond donors (Lipinski definition) is 1. The molecular formula is C32H32ClN7O. The van der Waals surface area contributed by atoms with Crippen LogP contribution in [-0.2, 0) is 6.54 Å². The number of benzene rings is 1. The number of nitriles is 1. The van der Waals surface area contributed by atoms with E-state index in [1.54, 1.807) is 30.5 Å². The molecule has 1 aliphatic carbocycles. The van der Waals surface area contributed by atoms with E-state index < -0.39 is 0 Å². The first kappa shape index (κ1) is 28.1. The van der Waals surface area contributed by atoms with Crippen molar-refractivity contribution < 1.29 is 4.79 Å². The van der Waals surface area contributed by atoms with E-state index in [9.17, 15) is 4.79 Å². The van der Waals surface area contributed by atoms with Gasteiger partial charge in [-0.2, -0.15) is 5.26 Å². The third-order valence-corrected chi connectivity index (χ3v) is 7.68. The minimum atomic E-state index is -0.145. The average Bonchev–Trinajstić information content (AvgIpc) is 3.38. The number of anilines is 1. The molecule has 1 N–H and O–H groups in total. The zero-order valence-corrected chi connectivity index (χ0v) is 23.8. The van der Waals surface area contributed by atoms with Crippen LogP contribution in [0.5, 0.6) is 0 Å². The van der Waals surface area contributed by atoms with Gasteiger partial charge in [-0.25, -0.2) is 9.78 Å². The van der Waals surface area contributed by atoms with E-state index in [1.807, 2.05) is 42.4 Å². The number of urea groups is 1. The molecule has 0 radical (unpaired) electrons. The number of hydrogen-bond acceptors (Lipinski definition) is 5. The van der Waals surface area contributed by atoms with Crippen molar-refractivity contribution >= 4 is 29.4 Å². The summed E-state index contributed by atoms with van der Waals surface area (Å²) in [7, 11) is 0. The molecule has 0 bridgehead atoms. The summed E-state index contributed by atoms with van der Waals surface area (Å²) in [6, 6.07) is 12.9. The van der Waals surface area contributed by atoms with Crippen LogP contribution in [-0.4, -0.2) is 56.5 Å². The highest BCUT2D eigenvalue weighted by atomic mass is 35.5. The molecule has 3 heterocycles. The number of nitrogens with zero attached hydrogens (tertiary/aromatic N) is 6. The normalized spacial score (nSPS) is 20.1. The standard InChI is InChI=1S/C32H32ClN7O/c1-23-19-28(33)6-3-7-30(31-26(5-4-12-36-31)20-27(23)22-40-14-13-35-24(40)2)38-15-17-39(18-16-38)32(41)37-29-10-8-25(21-34)9-11-29/h3-6,8-14,19-20,30H,1,7,15-18,22H2,2H3,(H,37,41)/b6-3-,27-20?,28-19+. The Morgan fingerprint density at radius 2 is 1.90 bits per heavy atom. The molecule has 2 amide bonds. The lowest BCUT2D eigenvalue weighted by atomic mass is 9.98. The number of pyridine rings is 1. The Hall–Kier alpha value is -4.45. The average molecular weight is 566 g/mol. The summed E-state index contributed by atoms with van der Waals surface area (Å²) in [5.74, 6) is 0.924. The first-order chi connectivity index (χ1) is 19.9. The number of rotatable bonds is 4. The highest BCUT2D eigenvalue weighted by molar-refractivity contribution is 6.31. The van der Waals surface area contributed by atoms with E-state index in [1.165, 1.54) is 0 Å². The number of piperazine rings is 1. The van der Waals surface area contributed by atoms with Gasteiger partial charge in [0, 0.05) is 62.0 Å². The fourth-order valence-electron chi connectivity index (χ4n) is 5.13. The summed E-state index contributed by atoms with van der Waals surface area (Å²) in [4.78, 5) is 26.4. The predicted molar refractivity (Wildman–Crippen MR) is 162 cm³/mol. The molecular weight excluding hydrogens is 534 g/mol. The summed E-state index contributed by atoms with van der Waals surface area (Å²) in [5, 5.41) is 12.6. The number of halogens is 1. The quantitative estimate of drug-likeness (QED) is 0.414. The third kappa shape index (κ3) is 6.83. The Balaban J connectivity index is 1.37. The highest BCUT2D eigenvalue weighted by Crippen LogP contribution is 2.31. The molecule has 208 valence electrons.